The summed E-state index contributed by atoms with van der Waals surface area (Å²) in [6, 6.07) is 17.0. The number of esters is 1. The number of hydrogen-bond acceptors (Lipinski definition) is 4. The van der Waals surface area contributed by atoms with E-state index in [0.29, 0.717) is 22.8 Å². The van der Waals surface area contributed by atoms with Gasteiger partial charge >= 0.3 is 5.97 Å². The van der Waals surface area contributed by atoms with Crippen molar-refractivity contribution in [3.8, 4) is 0 Å². The van der Waals surface area contributed by atoms with E-state index < -0.39 is 5.97 Å². The predicted octanol–water partition coefficient (Wildman–Crippen LogP) is 3.25. The second-order valence-electron chi connectivity index (χ2n) is 5.55. The summed E-state index contributed by atoms with van der Waals surface area (Å²) in [6.07, 6.45) is 4.63. The maximum atomic E-state index is 12.6. The van der Waals surface area contributed by atoms with E-state index in [9.17, 15) is 9.59 Å². The van der Waals surface area contributed by atoms with Crippen molar-refractivity contribution in [1.29, 1.82) is 0 Å². The van der Waals surface area contributed by atoms with Gasteiger partial charge in [-0.05, 0) is 24.5 Å². The zero-order valence-electron chi connectivity index (χ0n) is 13.9. The number of pyridine rings is 1. The van der Waals surface area contributed by atoms with Crippen LogP contribution in [0.15, 0.2) is 70.7 Å². The summed E-state index contributed by atoms with van der Waals surface area (Å²) in [6.45, 7) is 0. The van der Waals surface area contributed by atoms with Gasteiger partial charge in [0.15, 0.2) is 0 Å². The van der Waals surface area contributed by atoms with E-state index in [1.807, 2.05) is 30.3 Å². The third-order valence-electron chi connectivity index (χ3n) is 3.92. The molecule has 3 rings (SSSR count). The van der Waals surface area contributed by atoms with Gasteiger partial charge in [-0.3, -0.25) is 4.79 Å². The molecule has 0 fully saturated rings. The van der Waals surface area contributed by atoms with Crippen molar-refractivity contribution in [2.75, 3.05) is 7.11 Å². The standard InChI is InChI=1S/C20H18N2O3/c1-25-20(24)18-14-22(19(23)17-12-6-5-11-16(17)18)21-13-7-10-15-8-3-2-4-9-15/h2-6,8-9,11-14H,7,10H2,1H3/b21-13+. The molecule has 0 aliphatic heterocycles. The van der Waals surface area contributed by atoms with Crippen molar-refractivity contribution in [2.24, 2.45) is 5.10 Å². The summed E-state index contributed by atoms with van der Waals surface area (Å²) in [5.41, 5.74) is 1.26. The summed E-state index contributed by atoms with van der Waals surface area (Å²) >= 11 is 0. The van der Waals surface area contributed by atoms with E-state index in [1.165, 1.54) is 23.5 Å². The second-order valence-corrected chi connectivity index (χ2v) is 5.55. The Morgan fingerprint density at radius 3 is 2.48 bits per heavy atom. The Hall–Kier alpha value is -3.21. The van der Waals surface area contributed by atoms with Gasteiger partial charge in [-0.1, -0.05) is 48.5 Å². The normalized spacial score (nSPS) is 11.1. The lowest BCUT2D eigenvalue weighted by Crippen LogP contribution is -2.19. The number of aryl methyl sites for hydroxylation is 1. The molecule has 0 aliphatic rings. The largest absolute Gasteiger partial charge is 0.465 e. The quantitative estimate of drug-likeness (QED) is 0.531. The Bertz CT molecular complexity index is 975. The van der Waals surface area contributed by atoms with Gasteiger partial charge in [-0.25, -0.2) is 9.47 Å². The molecule has 0 bridgehead atoms. The van der Waals surface area contributed by atoms with Gasteiger partial charge in [0.05, 0.1) is 12.7 Å². The Morgan fingerprint density at radius 2 is 1.76 bits per heavy atom. The molecular weight excluding hydrogens is 316 g/mol. The zero-order chi connectivity index (χ0) is 17.6. The van der Waals surface area contributed by atoms with Gasteiger partial charge in [0.2, 0.25) is 0 Å². The predicted molar refractivity (Wildman–Crippen MR) is 98.2 cm³/mol. The number of nitrogens with zero attached hydrogens (tertiary/aromatic N) is 2. The smallest absolute Gasteiger partial charge is 0.340 e. The van der Waals surface area contributed by atoms with E-state index in [0.717, 1.165) is 6.42 Å². The number of ether oxygens (including phenoxy) is 1. The van der Waals surface area contributed by atoms with Crippen molar-refractivity contribution < 1.29 is 9.53 Å². The van der Waals surface area contributed by atoms with Crippen molar-refractivity contribution in [3.63, 3.8) is 0 Å². The lowest BCUT2D eigenvalue weighted by atomic mass is 10.1. The first-order chi connectivity index (χ1) is 12.2. The van der Waals surface area contributed by atoms with E-state index in [1.54, 1.807) is 30.5 Å². The SMILES string of the molecule is COC(=O)c1cn(/N=C/CCc2ccccc2)c(=O)c2ccccc12. The fraction of sp³-hybridized carbons (Fsp3) is 0.150. The van der Waals surface area contributed by atoms with Gasteiger partial charge in [0.1, 0.15) is 0 Å². The molecular formula is C20H18N2O3. The average molecular weight is 334 g/mol. The van der Waals surface area contributed by atoms with Crippen LogP contribution in [0.25, 0.3) is 10.8 Å². The zero-order valence-corrected chi connectivity index (χ0v) is 13.9. The monoisotopic (exact) mass is 334 g/mol. The summed E-state index contributed by atoms with van der Waals surface area (Å²) < 4.78 is 6.01. The van der Waals surface area contributed by atoms with Crippen LogP contribution in [0.2, 0.25) is 0 Å². The molecule has 0 spiro atoms. The lowest BCUT2D eigenvalue weighted by Gasteiger charge is -2.07. The summed E-state index contributed by atoms with van der Waals surface area (Å²) in [7, 11) is 1.32. The number of benzene rings is 2. The molecule has 0 radical (unpaired) electrons. The van der Waals surface area contributed by atoms with Crippen LogP contribution in [0.3, 0.4) is 0 Å². The number of fused-ring (bicyclic) bond motifs is 1. The third-order valence-corrected chi connectivity index (χ3v) is 3.92. The summed E-state index contributed by atoms with van der Waals surface area (Å²) in [5, 5.41) is 5.22. The maximum absolute atomic E-state index is 12.6. The van der Waals surface area contributed by atoms with Crippen molar-refractivity contribution in [2.45, 2.75) is 12.8 Å². The molecule has 1 heterocycles. The molecule has 0 amide bonds. The fourth-order valence-corrected chi connectivity index (χ4v) is 2.66. The Morgan fingerprint density at radius 1 is 1.08 bits per heavy atom. The summed E-state index contributed by atoms with van der Waals surface area (Å²) in [5.74, 6) is -0.496. The summed E-state index contributed by atoms with van der Waals surface area (Å²) in [4.78, 5) is 24.6. The highest BCUT2D eigenvalue weighted by atomic mass is 16.5. The molecule has 0 saturated carbocycles. The number of methoxy groups -OCH3 is 1. The van der Waals surface area contributed by atoms with Crippen molar-refractivity contribution in [1.82, 2.24) is 4.68 Å². The van der Waals surface area contributed by atoms with Gasteiger partial charge in [0, 0.05) is 23.2 Å². The molecule has 0 N–H and O–H groups in total. The minimum absolute atomic E-state index is 0.265. The van der Waals surface area contributed by atoms with Crippen LogP contribution >= 0.6 is 0 Å². The average Bonchev–Trinajstić information content (AvgIpc) is 2.67. The first kappa shape index (κ1) is 16.6. The Balaban J connectivity index is 1.90. The van der Waals surface area contributed by atoms with Crippen LogP contribution in [0.4, 0.5) is 0 Å². The number of aromatic nitrogens is 1. The first-order valence-corrected chi connectivity index (χ1v) is 8.00. The molecule has 2 aromatic carbocycles. The van der Waals surface area contributed by atoms with Gasteiger partial charge in [-0.15, -0.1) is 0 Å². The molecule has 3 aromatic rings. The molecule has 5 heteroatoms. The van der Waals surface area contributed by atoms with E-state index >= 15 is 0 Å². The number of carbonyl (C=O) groups excluding carboxylic acids is 1. The fourth-order valence-electron chi connectivity index (χ4n) is 2.66. The third kappa shape index (κ3) is 3.66. The molecule has 0 saturated heterocycles. The number of carbonyl (C=O) groups is 1. The highest BCUT2D eigenvalue weighted by molar-refractivity contribution is 6.03. The van der Waals surface area contributed by atoms with Gasteiger partial charge in [0.25, 0.3) is 5.56 Å². The van der Waals surface area contributed by atoms with Crippen LogP contribution in [-0.4, -0.2) is 24.0 Å². The maximum Gasteiger partial charge on any atom is 0.340 e. The van der Waals surface area contributed by atoms with Crippen LogP contribution in [0.1, 0.15) is 22.3 Å². The highest BCUT2D eigenvalue weighted by Crippen LogP contribution is 2.16. The van der Waals surface area contributed by atoms with Crippen LogP contribution in [-0.2, 0) is 11.2 Å². The lowest BCUT2D eigenvalue weighted by molar-refractivity contribution is 0.0602. The van der Waals surface area contributed by atoms with Gasteiger partial charge < -0.3 is 4.74 Å². The molecule has 0 aliphatic carbocycles. The Kier molecular flexibility index (Phi) is 5.04. The molecule has 0 atom stereocenters. The van der Waals surface area contributed by atoms with E-state index in [4.69, 9.17) is 4.74 Å². The van der Waals surface area contributed by atoms with Crippen LogP contribution < -0.4 is 5.56 Å². The van der Waals surface area contributed by atoms with E-state index in [2.05, 4.69) is 5.10 Å². The van der Waals surface area contributed by atoms with E-state index in [-0.39, 0.29) is 5.56 Å². The number of rotatable bonds is 5. The van der Waals surface area contributed by atoms with Crippen LogP contribution in [0.5, 0.6) is 0 Å². The highest BCUT2D eigenvalue weighted by Gasteiger charge is 2.14. The topological polar surface area (TPSA) is 60.7 Å². The molecule has 5 nitrogen and oxygen atoms in total. The van der Waals surface area contributed by atoms with Crippen molar-refractivity contribution >= 4 is 23.0 Å². The van der Waals surface area contributed by atoms with Crippen molar-refractivity contribution in [3.05, 3.63) is 82.3 Å². The number of hydrogen-bond donors (Lipinski definition) is 0. The second kappa shape index (κ2) is 7.57. The minimum Gasteiger partial charge on any atom is -0.465 e. The molecule has 25 heavy (non-hydrogen) atoms. The molecule has 126 valence electrons. The van der Waals surface area contributed by atoms with Gasteiger partial charge in [-0.2, -0.15) is 5.10 Å². The molecule has 1 aromatic heterocycles. The molecule has 0 unspecified atom stereocenters. The Labute approximate surface area is 145 Å². The minimum atomic E-state index is -0.496. The first-order valence-electron chi connectivity index (χ1n) is 8.00. The van der Waals surface area contributed by atoms with Crippen LogP contribution in [0, 0.1) is 0 Å².